The molecule has 0 saturated heterocycles. The second-order valence-corrected chi connectivity index (χ2v) is 4.95. The third-order valence-corrected chi connectivity index (χ3v) is 3.61. The van der Waals surface area contributed by atoms with Gasteiger partial charge in [0.2, 0.25) is 0 Å². The maximum Gasteiger partial charge on any atom is 0.254 e. The molecule has 0 unspecified atom stereocenters. The molecule has 104 valence electrons. The number of ether oxygens (including phenoxy) is 1. The molecule has 1 aromatic carbocycles. The summed E-state index contributed by atoms with van der Waals surface area (Å²) in [5, 5.41) is 3.24. The van der Waals surface area contributed by atoms with Gasteiger partial charge in [-0.3, -0.25) is 4.79 Å². The molecule has 0 spiro atoms. The van der Waals surface area contributed by atoms with Crippen LogP contribution in [0.2, 0.25) is 0 Å². The zero-order valence-electron chi connectivity index (χ0n) is 11.6. The minimum absolute atomic E-state index is 0.0278. The normalized spacial score (nSPS) is 13.9. The molecule has 2 aromatic rings. The van der Waals surface area contributed by atoms with E-state index in [1.165, 1.54) is 0 Å². The lowest BCUT2D eigenvalue weighted by atomic mass is 10.1. The highest BCUT2D eigenvalue weighted by Crippen LogP contribution is 2.24. The Morgan fingerprint density at radius 2 is 2.20 bits per heavy atom. The van der Waals surface area contributed by atoms with E-state index in [1.54, 1.807) is 7.11 Å². The van der Waals surface area contributed by atoms with Crippen molar-refractivity contribution in [3.63, 3.8) is 0 Å². The van der Waals surface area contributed by atoms with E-state index in [-0.39, 0.29) is 5.56 Å². The number of H-pyrrole nitrogens is 1. The van der Waals surface area contributed by atoms with E-state index in [2.05, 4.69) is 15.3 Å². The van der Waals surface area contributed by atoms with Crippen LogP contribution in [0, 0.1) is 6.92 Å². The first kappa shape index (κ1) is 12.9. The van der Waals surface area contributed by atoms with Gasteiger partial charge in [-0.1, -0.05) is 0 Å². The van der Waals surface area contributed by atoms with E-state index < -0.39 is 0 Å². The molecular weight excluding hydrogens is 254 g/mol. The van der Waals surface area contributed by atoms with Crippen molar-refractivity contribution < 1.29 is 4.74 Å². The summed E-state index contributed by atoms with van der Waals surface area (Å²) in [4.78, 5) is 19.6. The predicted octanol–water partition coefficient (Wildman–Crippen LogP) is 1.40. The average Bonchev–Trinajstić information content (AvgIpc) is 2.47. The molecule has 0 saturated carbocycles. The van der Waals surface area contributed by atoms with Crippen molar-refractivity contribution in [3.05, 3.63) is 45.4 Å². The first-order chi connectivity index (χ1) is 9.69. The molecule has 0 aliphatic carbocycles. The van der Waals surface area contributed by atoms with Gasteiger partial charge >= 0.3 is 0 Å². The number of hydrogen-bond acceptors (Lipinski definition) is 4. The summed E-state index contributed by atoms with van der Waals surface area (Å²) < 4.78 is 5.25. The van der Waals surface area contributed by atoms with Gasteiger partial charge in [0.1, 0.15) is 11.6 Å². The van der Waals surface area contributed by atoms with Gasteiger partial charge in [-0.2, -0.15) is 0 Å². The van der Waals surface area contributed by atoms with Crippen molar-refractivity contribution in [2.24, 2.45) is 0 Å². The van der Waals surface area contributed by atoms with Crippen molar-refractivity contribution in [1.82, 2.24) is 15.3 Å². The van der Waals surface area contributed by atoms with Crippen LogP contribution in [0.1, 0.15) is 16.8 Å². The minimum atomic E-state index is -0.0278. The SMILES string of the molecule is COc1ccc(-c2nc3c(c(=O)[nH]2)CCNC3)cc1C. The molecule has 0 atom stereocenters. The van der Waals surface area contributed by atoms with E-state index in [1.807, 2.05) is 25.1 Å². The molecule has 0 bridgehead atoms. The molecule has 0 amide bonds. The number of fused-ring (bicyclic) bond motifs is 1. The number of nitrogens with one attached hydrogen (secondary N) is 2. The first-order valence-electron chi connectivity index (χ1n) is 6.67. The topological polar surface area (TPSA) is 67.0 Å². The summed E-state index contributed by atoms with van der Waals surface area (Å²) in [6.45, 7) is 3.46. The summed E-state index contributed by atoms with van der Waals surface area (Å²) >= 11 is 0. The van der Waals surface area contributed by atoms with Crippen LogP contribution in [0.4, 0.5) is 0 Å². The number of nitrogens with zero attached hydrogens (tertiary/aromatic N) is 1. The van der Waals surface area contributed by atoms with Crippen LogP contribution in [0.25, 0.3) is 11.4 Å². The zero-order chi connectivity index (χ0) is 14.1. The van der Waals surface area contributed by atoms with Crippen molar-refractivity contribution in [2.75, 3.05) is 13.7 Å². The van der Waals surface area contributed by atoms with Gasteiger partial charge in [-0.15, -0.1) is 0 Å². The zero-order valence-corrected chi connectivity index (χ0v) is 11.6. The van der Waals surface area contributed by atoms with Crippen LogP contribution in [0.15, 0.2) is 23.0 Å². The molecule has 3 rings (SSSR count). The fourth-order valence-corrected chi connectivity index (χ4v) is 2.53. The molecule has 1 aliphatic heterocycles. The van der Waals surface area contributed by atoms with E-state index in [4.69, 9.17) is 4.74 Å². The second kappa shape index (κ2) is 5.09. The quantitative estimate of drug-likeness (QED) is 0.866. The molecule has 2 heterocycles. The first-order valence-corrected chi connectivity index (χ1v) is 6.67. The van der Waals surface area contributed by atoms with Gasteiger partial charge in [0.05, 0.1) is 12.8 Å². The van der Waals surface area contributed by atoms with Crippen molar-refractivity contribution >= 4 is 0 Å². The summed E-state index contributed by atoms with van der Waals surface area (Å²) in [7, 11) is 1.65. The van der Waals surface area contributed by atoms with Gasteiger partial charge < -0.3 is 15.0 Å². The fraction of sp³-hybridized carbons (Fsp3) is 0.333. The Morgan fingerprint density at radius 1 is 1.35 bits per heavy atom. The lowest BCUT2D eigenvalue weighted by molar-refractivity contribution is 0.412. The minimum Gasteiger partial charge on any atom is -0.496 e. The Hall–Kier alpha value is -2.14. The largest absolute Gasteiger partial charge is 0.496 e. The molecule has 0 radical (unpaired) electrons. The Morgan fingerprint density at radius 3 is 2.95 bits per heavy atom. The van der Waals surface area contributed by atoms with Gasteiger partial charge in [-0.25, -0.2) is 4.98 Å². The highest BCUT2D eigenvalue weighted by molar-refractivity contribution is 5.59. The van der Waals surface area contributed by atoms with Crippen LogP contribution in [0.3, 0.4) is 0 Å². The molecule has 5 nitrogen and oxygen atoms in total. The Labute approximate surface area is 117 Å². The molecule has 5 heteroatoms. The van der Waals surface area contributed by atoms with Gasteiger partial charge in [-0.05, 0) is 43.7 Å². The smallest absolute Gasteiger partial charge is 0.254 e. The van der Waals surface area contributed by atoms with Crippen molar-refractivity contribution in [1.29, 1.82) is 0 Å². The number of aromatic nitrogens is 2. The maximum atomic E-state index is 12.1. The number of methoxy groups -OCH3 is 1. The number of aryl methyl sites for hydroxylation is 1. The van der Waals surface area contributed by atoms with E-state index in [9.17, 15) is 4.79 Å². The molecule has 0 fully saturated rings. The van der Waals surface area contributed by atoms with Gasteiger partial charge in [0.25, 0.3) is 5.56 Å². The highest BCUT2D eigenvalue weighted by atomic mass is 16.5. The van der Waals surface area contributed by atoms with Crippen LogP contribution in [0.5, 0.6) is 5.75 Å². The highest BCUT2D eigenvalue weighted by Gasteiger charge is 2.16. The van der Waals surface area contributed by atoms with Crippen LogP contribution in [-0.2, 0) is 13.0 Å². The maximum absolute atomic E-state index is 12.1. The monoisotopic (exact) mass is 271 g/mol. The standard InChI is InChI=1S/C15H17N3O2/c1-9-7-10(3-4-13(9)20-2)14-17-12-8-16-6-5-11(12)15(19)18-14/h3-4,7,16H,5-6,8H2,1-2H3,(H,17,18,19). The summed E-state index contributed by atoms with van der Waals surface area (Å²) in [5.41, 5.74) is 3.54. The number of hydrogen-bond donors (Lipinski definition) is 2. The summed E-state index contributed by atoms with van der Waals surface area (Å²) in [5.74, 6) is 1.44. The van der Waals surface area contributed by atoms with Gasteiger partial charge in [0, 0.05) is 17.7 Å². The molecule has 20 heavy (non-hydrogen) atoms. The third-order valence-electron chi connectivity index (χ3n) is 3.61. The van der Waals surface area contributed by atoms with Crippen LogP contribution in [-0.4, -0.2) is 23.6 Å². The Kier molecular flexibility index (Phi) is 3.28. The van der Waals surface area contributed by atoms with E-state index in [0.717, 1.165) is 41.1 Å². The van der Waals surface area contributed by atoms with E-state index in [0.29, 0.717) is 12.4 Å². The van der Waals surface area contributed by atoms with Crippen LogP contribution < -0.4 is 15.6 Å². The molecule has 1 aliphatic rings. The predicted molar refractivity (Wildman–Crippen MR) is 77.0 cm³/mol. The second-order valence-electron chi connectivity index (χ2n) is 4.95. The Balaban J connectivity index is 2.08. The van der Waals surface area contributed by atoms with Crippen molar-refractivity contribution in [3.8, 4) is 17.1 Å². The lowest BCUT2D eigenvalue weighted by Crippen LogP contribution is -2.31. The molecule has 1 aromatic heterocycles. The number of rotatable bonds is 2. The lowest BCUT2D eigenvalue weighted by Gasteiger charge is -2.16. The molecular formula is C15H17N3O2. The third kappa shape index (κ3) is 2.20. The number of aromatic amines is 1. The fourth-order valence-electron chi connectivity index (χ4n) is 2.53. The van der Waals surface area contributed by atoms with Crippen molar-refractivity contribution in [2.45, 2.75) is 19.9 Å². The Bertz CT molecular complexity index is 707. The average molecular weight is 271 g/mol. The van der Waals surface area contributed by atoms with E-state index >= 15 is 0 Å². The van der Waals surface area contributed by atoms with Gasteiger partial charge in [0.15, 0.2) is 0 Å². The molecule has 2 N–H and O–H groups in total. The summed E-state index contributed by atoms with van der Waals surface area (Å²) in [6, 6.07) is 5.77. The number of benzene rings is 1. The summed E-state index contributed by atoms with van der Waals surface area (Å²) in [6.07, 6.45) is 0.736. The van der Waals surface area contributed by atoms with Crippen LogP contribution >= 0.6 is 0 Å².